The number of thiazole rings is 1. The highest BCUT2D eigenvalue weighted by molar-refractivity contribution is 7.80. The first-order valence-corrected chi connectivity index (χ1v) is 15.4. The Balaban J connectivity index is 1.44. The number of hydroxylamine groups is 2. The van der Waals surface area contributed by atoms with Crippen LogP contribution in [0.3, 0.4) is 0 Å². The van der Waals surface area contributed by atoms with Crippen LogP contribution in [0.4, 0.5) is 5.13 Å². The molecule has 242 valence electrons. The molecule has 45 heavy (non-hydrogen) atoms. The first-order valence-electron chi connectivity index (χ1n) is 13.1. The molecular formula is C25H30N8O10S2. The van der Waals surface area contributed by atoms with Crippen molar-refractivity contribution in [3.8, 4) is 17.0 Å². The van der Waals surface area contributed by atoms with Crippen LogP contribution in [0.1, 0.15) is 26.0 Å². The number of aryl methyl sites for hydroxylation is 1. The zero-order chi connectivity index (χ0) is 32.9. The quantitative estimate of drug-likeness (QED) is 0.0620. The lowest BCUT2D eigenvalue weighted by Gasteiger charge is -2.50. The second-order valence-electron chi connectivity index (χ2n) is 10.1. The Morgan fingerprint density at radius 3 is 2.56 bits per heavy atom. The summed E-state index contributed by atoms with van der Waals surface area (Å²) in [6.45, 7) is 3.52. The fraction of sp³-hybridized carbons (Fsp3) is 0.360. The van der Waals surface area contributed by atoms with E-state index in [4.69, 9.17) is 25.6 Å². The third-order valence-corrected chi connectivity index (χ3v) is 7.46. The lowest BCUT2D eigenvalue weighted by atomic mass is 9.84. The van der Waals surface area contributed by atoms with Gasteiger partial charge >= 0.3 is 16.4 Å². The summed E-state index contributed by atoms with van der Waals surface area (Å²) in [7, 11) is -5.01. The highest BCUT2D eigenvalue weighted by Gasteiger charge is 2.58. The van der Waals surface area contributed by atoms with Crippen molar-refractivity contribution in [3.05, 3.63) is 47.9 Å². The zero-order valence-electron chi connectivity index (χ0n) is 23.9. The minimum atomic E-state index is -5.01. The van der Waals surface area contributed by atoms with Crippen molar-refractivity contribution in [2.45, 2.75) is 44.5 Å². The SMILES string of the molecule is CC1(C)[C@H](NC(=O)/C(=N\O[C@@H](COc2ccc(-c3cn(CCCN)cn3)cc2)C(=O)O)c2csc(N)n2)C(=O)N1OS(=O)(=O)O. The van der Waals surface area contributed by atoms with Crippen LogP contribution >= 0.6 is 11.3 Å². The van der Waals surface area contributed by atoms with E-state index in [1.807, 2.05) is 10.8 Å². The lowest BCUT2D eigenvalue weighted by Crippen LogP contribution is -2.76. The van der Waals surface area contributed by atoms with Gasteiger partial charge in [0.1, 0.15) is 24.1 Å². The van der Waals surface area contributed by atoms with Crippen molar-refractivity contribution in [2.24, 2.45) is 10.9 Å². The average Bonchev–Trinajstić information content (AvgIpc) is 3.64. The predicted octanol–water partition coefficient (Wildman–Crippen LogP) is 0.0305. The van der Waals surface area contributed by atoms with E-state index in [1.54, 1.807) is 30.6 Å². The number of aromatic nitrogens is 3. The number of nitrogens with zero attached hydrogens (tertiary/aromatic N) is 5. The van der Waals surface area contributed by atoms with Crippen molar-refractivity contribution in [2.75, 3.05) is 18.9 Å². The van der Waals surface area contributed by atoms with E-state index >= 15 is 0 Å². The van der Waals surface area contributed by atoms with E-state index in [1.165, 1.54) is 19.2 Å². The summed E-state index contributed by atoms with van der Waals surface area (Å²) < 4.78 is 42.9. The molecule has 0 saturated carbocycles. The van der Waals surface area contributed by atoms with E-state index in [-0.39, 0.29) is 10.8 Å². The number of anilines is 1. The molecule has 2 aromatic heterocycles. The summed E-state index contributed by atoms with van der Waals surface area (Å²) in [6, 6.07) is 5.43. The number of carbonyl (C=O) groups is 3. The molecule has 3 heterocycles. The molecule has 1 aromatic carbocycles. The number of hydrogen-bond acceptors (Lipinski definition) is 14. The number of nitrogens with two attached hydrogens (primary N) is 2. The summed E-state index contributed by atoms with van der Waals surface area (Å²) in [5, 5.41) is 17.5. The molecule has 1 saturated heterocycles. The van der Waals surface area contributed by atoms with Crippen molar-refractivity contribution in [1.82, 2.24) is 24.9 Å². The van der Waals surface area contributed by atoms with Gasteiger partial charge in [-0.1, -0.05) is 5.16 Å². The molecule has 3 aromatic rings. The number of benzene rings is 1. The molecular weight excluding hydrogens is 636 g/mol. The van der Waals surface area contributed by atoms with E-state index in [0.29, 0.717) is 17.4 Å². The van der Waals surface area contributed by atoms with Crippen LogP contribution < -0.4 is 21.5 Å². The lowest BCUT2D eigenvalue weighted by molar-refractivity contribution is -0.218. The molecule has 0 bridgehead atoms. The van der Waals surface area contributed by atoms with Crippen LogP contribution in [0.2, 0.25) is 0 Å². The van der Waals surface area contributed by atoms with Gasteiger partial charge in [0.05, 0.1) is 17.6 Å². The van der Waals surface area contributed by atoms with Crippen LogP contribution in [0, 0.1) is 0 Å². The Hall–Kier alpha value is -4.63. The second kappa shape index (κ2) is 13.6. The third-order valence-electron chi connectivity index (χ3n) is 6.45. The summed E-state index contributed by atoms with van der Waals surface area (Å²) >= 11 is 0.957. The standard InChI is InChI=1S/C25H30N8O10S2/c1-25(2)20(22(35)33(25)43-45(38,39)40)30-21(34)19(17-12-44-24(27)29-17)31-42-18(23(36)37)11-41-15-6-4-14(5-7-15)16-10-32(13-28-16)9-3-8-26/h4-7,10,12-13,18,20H,3,8-9,11,26H2,1-2H3,(H2,27,29)(H,30,34)(H,36,37)(H,38,39,40)/b31-19-/t18-,20+/m0/s1. The van der Waals surface area contributed by atoms with Crippen LogP contribution in [0.5, 0.6) is 5.75 Å². The van der Waals surface area contributed by atoms with E-state index < -0.39 is 58.2 Å². The van der Waals surface area contributed by atoms with E-state index in [9.17, 15) is 27.9 Å². The van der Waals surface area contributed by atoms with Gasteiger partial charge in [-0.3, -0.25) is 14.1 Å². The minimum absolute atomic E-state index is 0.0576. The zero-order valence-corrected chi connectivity index (χ0v) is 25.5. The number of ether oxygens (including phenoxy) is 1. The number of amides is 2. The van der Waals surface area contributed by atoms with Crippen LogP contribution in [0.15, 0.2) is 47.3 Å². The van der Waals surface area contributed by atoms with E-state index in [2.05, 4.69) is 24.7 Å². The van der Waals surface area contributed by atoms with Crippen molar-refractivity contribution < 1.29 is 46.3 Å². The first kappa shape index (κ1) is 33.3. The summed E-state index contributed by atoms with van der Waals surface area (Å²) in [4.78, 5) is 51.1. The number of carboxylic acids is 1. The van der Waals surface area contributed by atoms with Crippen LogP contribution in [-0.4, -0.2) is 92.0 Å². The topological polar surface area (TPSA) is 264 Å². The molecule has 0 radical (unpaired) electrons. The van der Waals surface area contributed by atoms with Gasteiger partial charge in [0.15, 0.2) is 10.8 Å². The van der Waals surface area contributed by atoms with Gasteiger partial charge in [-0.25, -0.2) is 14.8 Å². The smallest absolute Gasteiger partial charge is 0.418 e. The number of imidazole rings is 1. The van der Waals surface area contributed by atoms with Gasteiger partial charge in [0.25, 0.3) is 17.9 Å². The number of nitrogens with one attached hydrogen (secondary N) is 1. The number of nitrogen functional groups attached to an aromatic ring is 1. The van der Waals surface area contributed by atoms with Gasteiger partial charge in [0.2, 0.25) is 0 Å². The van der Waals surface area contributed by atoms with Crippen molar-refractivity contribution >= 4 is 50.4 Å². The summed E-state index contributed by atoms with van der Waals surface area (Å²) in [5.74, 6) is -3.15. The third kappa shape index (κ3) is 8.10. The second-order valence-corrected chi connectivity index (χ2v) is 12.0. The van der Waals surface area contributed by atoms with Gasteiger partial charge in [0, 0.05) is 23.7 Å². The highest BCUT2D eigenvalue weighted by atomic mass is 32.3. The Kier molecular flexibility index (Phi) is 10.0. The van der Waals surface area contributed by atoms with Crippen molar-refractivity contribution in [1.29, 1.82) is 0 Å². The number of rotatable bonds is 15. The molecule has 0 unspecified atom stereocenters. The van der Waals surface area contributed by atoms with Crippen LogP contribution in [0.25, 0.3) is 11.3 Å². The molecule has 7 N–H and O–H groups in total. The number of carboxylic acid groups (broad SMARTS) is 1. The predicted molar refractivity (Wildman–Crippen MR) is 158 cm³/mol. The average molecular weight is 667 g/mol. The fourth-order valence-electron chi connectivity index (χ4n) is 4.08. The fourth-order valence-corrected chi connectivity index (χ4v) is 5.08. The maximum absolute atomic E-state index is 13.2. The van der Waals surface area contributed by atoms with Gasteiger partial charge in [-0.15, -0.1) is 15.6 Å². The molecule has 20 heteroatoms. The largest absolute Gasteiger partial charge is 0.489 e. The maximum Gasteiger partial charge on any atom is 0.418 e. The molecule has 18 nitrogen and oxygen atoms in total. The molecule has 0 spiro atoms. The molecule has 2 atom stereocenters. The molecule has 1 fully saturated rings. The van der Waals surface area contributed by atoms with Gasteiger partial charge in [-0.05, 0) is 51.1 Å². The molecule has 1 aliphatic heterocycles. The van der Waals surface area contributed by atoms with Gasteiger partial charge in [-0.2, -0.15) is 13.5 Å². The minimum Gasteiger partial charge on any atom is -0.489 e. The van der Waals surface area contributed by atoms with Crippen LogP contribution in [-0.2, 0) is 40.4 Å². The number of hydrogen-bond donors (Lipinski definition) is 5. The first-order chi connectivity index (χ1) is 21.2. The Morgan fingerprint density at radius 1 is 1.27 bits per heavy atom. The summed E-state index contributed by atoms with van der Waals surface area (Å²) in [5.41, 5.74) is 10.7. The number of aliphatic carboxylic acids is 1. The van der Waals surface area contributed by atoms with Crippen molar-refractivity contribution in [3.63, 3.8) is 0 Å². The molecule has 0 aliphatic carbocycles. The monoisotopic (exact) mass is 666 g/mol. The number of β-lactam (4-membered cyclic amide) rings is 1. The van der Waals surface area contributed by atoms with E-state index in [0.717, 1.165) is 35.6 Å². The number of carbonyl (C=O) groups excluding carboxylic acids is 2. The Labute approximate surface area is 260 Å². The Bertz CT molecular complexity index is 1690. The molecule has 4 rings (SSSR count). The molecule has 1 aliphatic rings. The van der Waals surface area contributed by atoms with Gasteiger partial charge < -0.3 is 36.0 Å². The number of oxime groups is 1. The highest BCUT2D eigenvalue weighted by Crippen LogP contribution is 2.33. The molecule has 2 amide bonds. The Morgan fingerprint density at radius 2 is 1.98 bits per heavy atom. The maximum atomic E-state index is 13.2. The summed E-state index contributed by atoms with van der Waals surface area (Å²) in [6.07, 6.45) is 2.72. The normalized spacial score (nSPS) is 17.0.